The van der Waals surface area contributed by atoms with Gasteiger partial charge in [0.25, 0.3) is 10.0 Å². The molecule has 2 aromatic carbocycles. The first-order valence-electron chi connectivity index (χ1n) is 8.12. The van der Waals surface area contributed by atoms with Gasteiger partial charge in [0.1, 0.15) is 10.6 Å². The summed E-state index contributed by atoms with van der Waals surface area (Å²) in [5.74, 6) is -0.379. The lowest BCUT2D eigenvalue weighted by atomic mass is 10.2. The van der Waals surface area contributed by atoms with Crippen LogP contribution in [0.2, 0.25) is 0 Å². The predicted octanol–water partition coefficient (Wildman–Crippen LogP) is 4.09. The van der Waals surface area contributed by atoms with E-state index in [2.05, 4.69) is 14.8 Å². The van der Waals surface area contributed by atoms with Crippen molar-refractivity contribution in [3.05, 3.63) is 64.9 Å². The van der Waals surface area contributed by atoms with Crippen LogP contribution in [-0.4, -0.2) is 28.6 Å². The molecule has 146 valence electrons. The lowest BCUT2D eigenvalue weighted by Gasteiger charge is -2.14. The number of rotatable bonds is 7. The van der Waals surface area contributed by atoms with Crippen LogP contribution in [0.15, 0.2) is 64.2 Å². The highest BCUT2D eigenvalue weighted by molar-refractivity contribution is 7.93. The normalized spacial score (nSPS) is 10.9. The van der Waals surface area contributed by atoms with Crippen molar-refractivity contribution in [2.75, 3.05) is 24.3 Å². The molecule has 0 bridgehead atoms. The van der Waals surface area contributed by atoms with Gasteiger partial charge in [-0.3, -0.25) is 4.72 Å². The van der Waals surface area contributed by atoms with Gasteiger partial charge < -0.3 is 14.8 Å². The highest BCUT2D eigenvalue weighted by Crippen LogP contribution is 2.32. The average Bonchev–Trinajstić information content (AvgIpc) is 3.20. The van der Waals surface area contributed by atoms with E-state index in [4.69, 9.17) is 4.74 Å². The van der Waals surface area contributed by atoms with Crippen LogP contribution in [0.25, 0.3) is 0 Å². The van der Waals surface area contributed by atoms with Crippen molar-refractivity contribution in [1.29, 1.82) is 0 Å². The van der Waals surface area contributed by atoms with Crippen LogP contribution in [0.3, 0.4) is 0 Å². The summed E-state index contributed by atoms with van der Waals surface area (Å²) in [6, 6.07) is 14.5. The van der Waals surface area contributed by atoms with Crippen molar-refractivity contribution in [1.82, 2.24) is 0 Å². The average molecular weight is 418 g/mol. The van der Waals surface area contributed by atoms with Gasteiger partial charge in [-0.05, 0) is 24.3 Å². The molecule has 1 heterocycles. The molecule has 9 heteroatoms. The predicted molar refractivity (Wildman–Crippen MR) is 109 cm³/mol. The van der Waals surface area contributed by atoms with Crippen LogP contribution in [0.4, 0.5) is 17.1 Å². The minimum absolute atomic E-state index is 0.0127. The van der Waals surface area contributed by atoms with Crippen molar-refractivity contribution in [3.8, 4) is 5.75 Å². The lowest BCUT2D eigenvalue weighted by molar-refractivity contribution is 0.0597. The number of thiophene rings is 1. The number of hydrogen-bond donors (Lipinski definition) is 2. The minimum Gasteiger partial charge on any atom is -0.494 e. The fourth-order valence-electron chi connectivity index (χ4n) is 2.49. The highest BCUT2D eigenvalue weighted by Gasteiger charge is 2.25. The molecule has 0 aliphatic rings. The van der Waals surface area contributed by atoms with Crippen LogP contribution >= 0.6 is 11.3 Å². The van der Waals surface area contributed by atoms with E-state index < -0.39 is 16.0 Å². The molecule has 3 rings (SSSR count). The van der Waals surface area contributed by atoms with Gasteiger partial charge in [-0.2, -0.15) is 11.3 Å². The number of esters is 1. The molecule has 0 amide bonds. The number of anilines is 3. The van der Waals surface area contributed by atoms with E-state index in [1.165, 1.54) is 25.0 Å². The Kier molecular flexibility index (Phi) is 5.86. The van der Waals surface area contributed by atoms with E-state index in [1.807, 2.05) is 30.3 Å². The molecule has 2 N–H and O–H groups in total. The Labute approximate surface area is 167 Å². The van der Waals surface area contributed by atoms with E-state index in [0.29, 0.717) is 5.75 Å². The van der Waals surface area contributed by atoms with Crippen molar-refractivity contribution >= 4 is 44.4 Å². The van der Waals surface area contributed by atoms with Crippen molar-refractivity contribution < 1.29 is 22.7 Å². The van der Waals surface area contributed by atoms with Gasteiger partial charge >= 0.3 is 5.97 Å². The zero-order valence-electron chi connectivity index (χ0n) is 15.1. The first-order valence-corrected chi connectivity index (χ1v) is 10.5. The van der Waals surface area contributed by atoms with Gasteiger partial charge in [0.2, 0.25) is 0 Å². The van der Waals surface area contributed by atoms with E-state index in [-0.39, 0.29) is 16.1 Å². The maximum atomic E-state index is 12.8. The van der Waals surface area contributed by atoms with Gasteiger partial charge in [-0.1, -0.05) is 18.2 Å². The molecular weight excluding hydrogens is 400 g/mol. The number of para-hydroxylation sites is 1. The number of hydrogen-bond acceptors (Lipinski definition) is 7. The number of nitrogens with one attached hydrogen (secondary N) is 2. The smallest absolute Gasteiger partial charge is 0.340 e. The third-order valence-corrected chi connectivity index (χ3v) is 6.13. The molecule has 0 saturated carbocycles. The zero-order valence-corrected chi connectivity index (χ0v) is 16.8. The van der Waals surface area contributed by atoms with Crippen LogP contribution in [0.1, 0.15) is 10.4 Å². The van der Waals surface area contributed by atoms with Crippen LogP contribution in [0.5, 0.6) is 5.75 Å². The summed E-state index contributed by atoms with van der Waals surface area (Å²) in [6.07, 6.45) is 0. The molecule has 0 aliphatic carbocycles. The van der Waals surface area contributed by atoms with Crippen molar-refractivity contribution in [2.45, 2.75) is 4.90 Å². The summed E-state index contributed by atoms with van der Waals surface area (Å²) < 4.78 is 38.0. The van der Waals surface area contributed by atoms with E-state index in [1.54, 1.807) is 18.2 Å². The number of sulfonamides is 1. The summed E-state index contributed by atoms with van der Waals surface area (Å²) in [6.45, 7) is 0. The topological polar surface area (TPSA) is 93.7 Å². The molecule has 0 saturated heterocycles. The van der Waals surface area contributed by atoms with Gasteiger partial charge in [0.05, 0.1) is 25.5 Å². The molecule has 0 unspecified atom stereocenters. The quantitative estimate of drug-likeness (QED) is 0.562. The van der Waals surface area contributed by atoms with Crippen LogP contribution < -0.4 is 14.8 Å². The second-order valence-electron chi connectivity index (χ2n) is 5.65. The third-order valence-electron chi connectivity index (χ3n) is 3.83. The summed E-state index contributed by atoms with van der Waals surface area (Å²) in [5.41, 5.74) is 1.86. The Balaban J connectivity index is 1.87. The van der Waals surface area contributed by atoms with Gasteiger partial charge in [0, 0.05) is 28.2 Å². The third kappa shape index (κ3) is 4.26. The molecule has 3 aromatic rings. The van der Waals surface area contributed by atoms with Gasteiger partial charge in [-0.25, -0.2) is 13.2 Å². The lowest BCUT2D eigenvalue weighted by Crippen LogP contribution is -2.16. The summed E-state index contributed by atoms with van der Waals surface area (Å²) in [4.78, 5) is 11.7. The number of ether oxygens (including phenoxy) is 2. The summed E-state index contributed by atoms with van der Waals surface area (Å²) in [7, 11) is -1.35. The van der Waals surface area contributed by atoms with E-state index >= 15 is 0 Å². The Morgan fingerprint density at radius 1 is 1.00 bits per heavy atom. The first-order chi connectivity index (χ1) is 13.4. The zero-order chi connectivity index (χ0) is 20.1. The van der Waals surface area contributed by atoms with Crippen LogP contribution in [0, 0.1) is 0 Å². The molecule has 0 spiro atoms. The number of methoxy groups -OCH3 is 2. The fourth-order valence-corrected chi connectivity index (χ4v) is 4.92. The second kappa shape index (κ2) is 8.32. The highest BCUT2D eigenvalue weighted by atomic mass is 32.2. The second-order valence-corrected chi connectivity index (χ2v) is 8.05. The number of carbonyl (C=O) groups is 1. The first kappa shape index (κ1) is 19.7. The SMILES string of the molecule is COC(=O)c1cscc1S(=O)(=O)Nc1ccc(Nc2ccccc2)cc1OC. The Morgan fingerprint density at radius 3 is 2.43 bits per heavy atom. The number of carbonyl (C=O) groups excluding carboxylic acids is 1. The summed E-state index contributed by atoms with van der Waals surface area (Å²) >= 11 is 1.10. The maximum Gasteiger partial charge on any atom is 0.340 e. The Morgan fingerprint density at radius 2 is 1.75 bits per heavy atom. The van der Waals surface area contributed by atoms with E-state index in [0.717, 1.165) is 22.7 Å². The molecule has 0 atom stereocenters. The number of benzene rings is 2. The largest absolute Gasteiger partial charge is 0.494 e. The molecule has 0 radical (unpaired) electrons. The monoisotopic (exact) mass is 418 g/mol. The molecule has 1 aromatic heterocycles. The van der Waals surface area contributed by atoms with Crippen molar-refractivity contribution in [3.63, 3.8) is 0 Å². The molecule has 7 nitrogen and oxygen atoms in total. The summed E-state index contributed by atoms with van der Waals surface area (Å²) in [5, 5.41) is 6.03. The van der Waals surface area contributed by atoms with Crippen LogP contribution in [-0.2, 0) is 14.8 Å². The van der Waals surface area contributed by atoms with Gasteiger partial charge in [-0.15, -0.1) is 0 Å². The molecule has 28 heavy (non-hydrogen) atoms. The maximum absolute atomic E-state index is 12.8. The van der Waals surface area contributed by atoms with Gasteiger partial charge in [0.15, 0.2) is 0 Å². The van der Waals surface area contributed by atoms with E-state index in [9.17, 15) is 13.2 Å². The Bertz CT molecular complexity index is 1080. The molecule has 0 fully saturated rings. The molecule has 0 aliphatic heterocycles. The molecular formula is C19H18N2O5S2. The fraction of sp³-hybridized carbons (Fsp3) is 0.105. The minimum atomic E-state index is -4.00. The van der Waals surface area contributed by atoms with Crippen molar-refractivity contribution in [2.24, 2.45) is 0 Å². The Hall–Kier alpha value is -3.04. The standard InChI is InChI=1S/C19H18N2O5S2/c1-25-17-10-14(20-13-6-4-3-5-7-13)8-9-16(17)21-28(23,24)18-12-27-11-15(18)19(22)26-2/h3-12,20-21H,1-2H3.